The molecule has 0 bridgehead atoms. The molecule has 0 saturated heterocycles. The number of thiol groups is 1. The van der Waals surface area contributed by atoms with Crippen LogP contribution in [0.15, 0.2) is 9.95 Å². The van der Waals surface area contributed by atoms with Gasteiger partial charge in [0, 0.05) is 4.88 Å². The van der Waals surface area contributed by atoms with Crippen LogP contribution in [0.25, 0.3) is 10.2 Å². The summed E-state index contributed by atoms with van der Waals surface area (Å²) >= 11 is 12.0. The third kappa shape index (κ3) is 2.38. The number of hydrogen-bond acceptors (Lipinski definition) is 5. The van der Waals surface area contributed by atoms with Crippen molar-refractivity contribution in [1.82, 2.24) is 9.66 Å². The Morgan fingerprint density at radius 3 is 2.95 bits per heavy atom. The van der Waals surface area contributed by atoms with Crippen LogP contribution in [0.1, 0.15) is 23.3 Å². The number of nitrogens with one attached hydrogen (secondary N) is 1. The molecule has 0 radical (unpaired) electrons. The smallest absolute Gasteiger partial charge is 0.274 e. The maximum absolute atomic E-state index is 12.7. The number of aryl methyl sites for hydroxylation is 2. The van der Waals surface area contributed by atoms with Crippen LogP contribution in [0.3, 0.4) is 0 Å². The van der Waals surface area contributed by atoms with Crippen LogP contribution in [-0.4, -0.2) is 20.2 Å². The van der Waals surface area contributed by atoms with Crippen LogP contribution < -0.4 is 11.0 Å². The normalized spacial score (nSPS) is 14.3. The molecule has 1 aliphatic rings. The van der Waals surface area contributed by atoms with Gasteiger partial charge in [-0.1, -0.05) is 24.0 Å². The Bertz CT molecular complexity index is 749. The first-order valence-corrected chi connectivity index (χ1v) is 9.12. The monoisotopic (exact) mass is 343 g/mol. The fourth-order valence-corrected chi connectivity index (χ4v) is 4.51. The molecule has 1 aliphatic carbocycles. The Kier molecular flexibility index (Phi) is 4.07. The van der Waals surface area contributed by atoms with Gasteiger partial charge in [-0.05, 0) is 37.5 Å². The molecule has 0 fully saturated rings. The topological polar surface area (TPSA) is 46.9 Å². The van der Waals surface area contributed by atoms with Crippen molar-refractivity contribution >= 4 is 62.5 Å². The van der Waals surface area contributed by atoms with Crippen molar-refractivity contribution in [3.63, 3.8) is 0 Å². The summed E-state index contributed by atoms with van der Waals surface area (Å²) in [5, 5.41) is 1.36. The zero-order valence-electron chi connectivity index (χ0n) is 10.8. The molecule has 0 spiro atoms. The molecule has 20 heavy (non-hydrogen) atoms. The summed E-state index contributed by atoms with van der Waals surface area (Å²) in [6, 6.07) is 0. The van der Waals surface area contributed by atoms with E-state index in [-0.39, 0.29) is 9.88 Å². The third-order valence-corrected chi connectivity index (χ3v) is 5.36. The van der Waals surface area contributed by atoms with E-state index in [1.165, 1.54) is 33.3 Å². The summed E-state index contributed by atoms with van der Waals surface area (Å²) in [5.41, 5.74) is 3.91. The highest BCUT2D eigenvalue weighted by molar-refractivity contribution is 8.11. The minimum Gasteiger partial charge on any atom is -0.274 e. The predicted octanol–water partition coefficient (Wildman–Crippen LogP) is 2.82. The molecular formula is C12H13N3OS4. The maximum Gasteiger partial charge on any atom is 0.282 e. The van der Waals surface area contributed by atoms with E-state index in [1.807, 2.05) is 6.26 Å². The molecule has 0 saturated carbocycles. The summed E-state index contributed by atoms with van der Waals surface area (Å²) in [7, 11) is 0. The average molecular weight is 344 g/mol. The van der Waals surface area contributed by atoms with Crippen LogP contribution in [0.4, 0.5) is 0 Å². The van der Waals surface area contributed by atoms with E-state index >= 15 is 0 Å². The SMILES string of the molecule is CSc1nc2sc3c(c2c(=O)n1NC(=S)S)CCCC3. The summed E-state index contributed by atoms with van der Waals surface area (Å²) in [5.74, 6) is 0. The summed E-state index contributed by atoms with van der Waals surface area (Å²) < 4.78 is 1.66. The van der Waals surface area contributed by atoms with Gasteiger partial charge < -0.3 is 0 Å². The van der Waals surface area contributed by atoms with Crippen LogP contribution in [-0.2, 0) is 12.8 Å². The third-order valence-electron chi connectivity index (χ3n) is 3.35. The van der Waals surface area contributed by atoms with Gasteiger partial charge in [0.25, 0.3) is 5.56 Å². The average Bonchev–Trinajstić information content (AvgIpc) is 2.79. The second kappa shape index (κ2) is 5.67. The van der Waals surface area contributed by atoms with Crippen molar-refractivity contribution in [2.24, 2.45) is 0 Å². The molecule has 4 nitrogen and oxygen atoms in total. The van der Waals surface area contributed by atoms with Crippen molar-refractivity contribution in [1.29, 1.82) is 0 Å². The molecule has 2 aromatic heterocycles. The van der Waals surface area contributed by atoms with Gasteiger partial charge in [0.05, 0.1) is 5.39 Å². The highest BCUT2D eigenvalue weighted by atomic mass is 32.2. The lowest BCUT2D eigenvalue weighted by atomic mass is 9.97. The highest BCUT2D eigenvalue weighted by Gasteiger charge is 2.22. The second-order valence-electron chi connectivity index (χ2n) is 4.55. The Morgan fingerprint density at radius 2 is 2.25 bits per heavy atom. The molecule has 1 N–H and O–H groups in total. The summed E-state index contributed by atoms with van der Waals surface area (Å²) in [4.78, 5) is 19.5. The van der Waals surface area contributed by atoms with Crippen molar-refractivity contribution in [3.8, 4) is 0 Å². The molecule has 0 amide bonds. The number of fused-ring (bicyclic) bond motifs is 3. The Labute approximate surface area is 135 Å². The second-order valence-corrected chi connectivity index (χ2v) is 7.56. The van der Waals surface area contributed by atoms with E-state index in [0.717, 1.165) is 29.5 Å². The minimum absolute atomic E-state index is 0.0739. The van der Waals surface area contributed by atoms with Gasteiger partial charge in [-0.25, -0.2) is 4.98 Å². The molecular weight excluding hydrogens is 330 g/mol. The Morgan fingerprint density at radius 1 is 1.50 bits per heavy atom. The van der Waals surface area contributed by atoms with E-state index in [2.05, 4.69) is 23.0 Å². The maximum atomic E-state index is 12.7. The number of rotatable bonds is 2. The van der Waals surface area contributed by atoms with Gasteiger partial charge in [-0.3, -0.25) is 10.2 Å². The van der Waals surface area contributed by atoms with Crippen molar-refractivity contribution in [3.05, 3.63) is 20.8 Å². The number of nitrogens with zero attached hydrogens (tertiary/aromatic N) is 2. The van der Waals surface area contributed by atoms with Gasteiger partial charge in [-0.15, -0.1) is 24.0 Å². The van der Waals surface area contributed by atoms with Crippen molar-refractivity contribution in [2.75, 3.05) is 11.7 Å². The van der Waals surface area contributed by atoms with E-state index in [1.54, 1.807) is 11.3 Å². The first-order valence-electron chi connectivity index (χ1n) is 6.23. The molecule has 2 heterocycles. The first-order chi connectivity index (χ1) is 9.61. The Balaban J connectivity index is 2.30. The minimum atomic E-state index is -0.0739. The number of thiocarbonyl (C=S) groups is 1. The summed E-state index contributed by atoms with van der Waals surface area (Å²) in [6.07, 6.45) is 6.25. The number of thioether (sulfide) groups is 1. The van der Waals surface area contributed by atoms with Crippen LogP contribution in [0.5, 0.6) is 0 Å². The molecule has 2 aromatic rings. The fraction of sp³-hybridized carbons (Fsp3) is 0.417. The molecule has 0 aromatic carbocycles. The van der Waals surface area contributed by atoms with Crippen molar-refractivity contribution < 1.29 is 0 Å². The lowest BCUT2D eigenvalue weighted by molar-refractivity contribution is 0.698. The fourth-order valence-electron chi connectivity index (χ4n) is 2.52. The van der Waals surface area contributed by atoms with Gasteiger partial charge in [0.2, 0.25) is 0 Å². The van der Waals surface area contributed by atoms with Crippen LogP contribution in [0, 0.1) is 0 Å². The van der Waals surface area contributed by atoms with E-state index < -0.39 is 0 Å². The lowest BCUT2D eigenvalue weighted by Gasteiger charge is -2.12. The van der Waals surface area contributed by atoms with Gasteiger partial charge in [0.15, 0.2) is 5.16 Å². The van der Waals surface area contributed by atoms with E-state index in [0.29, 0.717) is 5.16 Å². The Hall–Kier alpha value is -0.570. The van der Waals surface area contributed by atoms with E-state index in [9.17, 15) is 4.79 Å². The summed E-state index contributed by atoms with van der Waals surface area (Å²) in [6.45, 7) is 0. The van der Waals surface area contributed by atoms with Gasteiger partial charge in [-0.2, -0.15) is 4.68 Å². The molecule has 0 atom stereocenters. The standard InChI is InChI=1S/C12H13N3OS4/c1-19-11-13-9-8(10(16)15(11)14-12(17)18)6-4-2-3-5-7(6)20-9/h2-5H2,1H3,(H2,14,17,18). The van der Waals surface area contributed by atoms with E-state index in [4.69, 9.17) is 12.2 Å². The zero-order valence-corrected chi connectivity index (χ0v) is 14.1. The molecule has 106 valence electrons. The van der Waals surface area contributed by atoms with Gasteiger partial charge >= 0.3 is 0 Å². The lowest BCUT2D eigenvalue weighted by Crippen LogP contribution is -2.32. The van der Waals surface area contributed by atoms with Crippen molar-refractivity contribution in [2.45, 2.75) is 30.8 Å². The molecule has 3 rings (SSSR count). The highest BCUT2D eigenvalue weighted by Crippen LogP contribution is 2.34. The van der Waals surface area contributed by atoms with Gasteiger partial charge in [0.1, 0.15) is 9.15 Å². The quantitative estimate of drug-likeness (QED) is 0.380. The number of thiophene rings is 1. The number of hydrogen-bond donors (Lipinski definition) is 2. The van der Waals surface area contributed by atoms with Crippen LogP contribution in [0.2, 0.25) is 0 Å². The molecule has 0 aliphatic heterocycles. The number of aromatic nitrogens is 2. The molecule has 0 unspecified atom stereocenters. The first kappa shape index (κ1) is 14.4. The molecule has 8 heteroatoms. The van der Waals surface area contributed by atoms with Crippen LogP contribution >= 0.6 is 47.9 Å². The largest absolute Gasteiger partial charge is 0.282 e. The predicted molar refractivity (Wildman–Crippen MR) is 93.2 cm³/mol. The zero-order chi connectivity index (χ0) is 14.3.